The van der Waals surface area contributed by atoms with Crippen LogP contribution in [0.5, 0.6) is 0 Å². The van der Waals surface area contributed by atoms with E-state index in [-0.39, 0.29) is 11.8 Å². The number of nitrogens with zero attached hydrogens (tertiary/aromatic N) is 1. The summed E-state index contributed by atoms with van der Waals surface area (Å²) < 4.78 is 0.984. The number of benzene rings is 2. The van der Waals surface area contributed by atoms with Crippen LogP contribution in [0.2, 0.25) is 5.02 Å². The highest BCUT2D eigenvalue weighted by molar-refractivity contribution is 7.22. The third-order valence-corrected chi connectivity index (χ3v) is 5.26. The zero-order chi connectivity index (χ0) is 18.7. The lowest BCUT2D eigenvalue weighted by Gasteiger charge is -2.09. The molecule has 2 aromatic carbocycles. The molecule has 0 aliphatic rings. The minimum atomic E-state index is -0.141. The van der Waals surface area contributed by atoms with Crippen LogP contribution in [-0.4, -0.2) is 16.8 Å². The van der Waals surface area contributed by atoms with Crippen molar-refractivity contribution in [1.29, 1.82) is 0 Å². The van der Waals surface area contributed by atoms with Gasteiger partial charge in [-0.2, -0.15) is 0 Å². The van der Waals surface area contributed by atoms with Crippen molar-refractivity contribution in [1.82, 2.24) is 4.98 Å². The summed E-state index contributed by atoms with van der Waals surface area (Å²) in [5, 5.41) is 6.81. The van der Waals surface area contributed by atoms with E-state index in [1.54, 1.807) is 6.07 Å². The van der Waals surface area contributed by atoms with Gasteiger partial charge in [0, 0.05) is 24.1 Å². The highest BCUT2D eigenvalue weighted by Gasteiger charge is 2.09. The molecule has 1 heterocycles. The Morgan fingerprint density at radius 1 is 1.19 bits per heavy atom. The summed E-state index contributed by atoms with van der Waals surface area (Å²) >= 11 is 7.50. The van der Waals surface area contributed by atoms with E-state index < -0.39 is 0 Å². The van der Waals surface area contributed by atoms with E-state index in [0.717, 1.165) is 27.0 Å². The van der Waals surface area contributed by atoms with Gasteiger partial charge in [0.05, 0.1) is 10.2 Å². The number of aromatic nitrogens is 1. The summed E-state index contributed by atoms with van der Waals surface area (Å²) in [6, 6.07) is 11.3. The number of anilines is 2. The molecule has 0 saturated heterocycles. The Morgan fingerprint density at radius 2 is 2.00 bits per heavy atom. The summed E-state index contributed by atoms with van der Waals surface area (Å²) in [4.78, 5) is 27.7. The summed E-state index contributed by atoms with van der Waals surface area (Å²) in [6.07, 6.45) is 0.990. The first-order valence-electron chi connectivity index (χ1n) is 8.14. The molecule has 134 valence electrons. The van der Waals surface area contributed by atoms with Crippen LogP contribution in [0.15, 0.2) is 36.4 Å². The lowest BCUT2D eigenvalue weighted by Crippen LogP contribution is -2.13. The molecule has 0 aliphatic carbocycles. The van der Waals surface area contributed by atoms with E-state index in [2.05, 4.69) is 15.6 Å². The van der Waals surface area contributed by atoms with E-state index in [9.17, 15) is 9.59 Å². The number of rotatable bonds is 5. The average molecular weight is 388 g/mol. The van der Waals surface area contributed by atoms with Crippen molar-refractivity contribution < 1.29 is 9.59 Å². The number of carbonyl (C=O) groups excluding carboxylic acids is 2. The molecule has 0 atom stereocenters. The van der Waals surface area contributed by atoms with E-state index in [0.29, 0.717) is 23.0 Å². The second kappa shape index (κ2) is 7.85. The molecule has 3 aromatic rings. The maximum absolute atomic E-state index is 12.2. The van der Waals surface area contributed by atoms with Crippen LogP contribution in [0.3, 0.4) is 0 Å². The summed E-state index contributed by atoms with van der Waals surface area (Å²) in [5.74, 6) is -0.198. The van der Waals surface area contributed by atoms with Gasteiger partial charge in [0.15, 0.2) is 5.13 Å². The van der Waals surface area contributed by atoms with Gasteiger partial charge in [0.2, 0.25) is 11.8 Å². The molecule has 0 saturated carbocycles. The van der Waals surface area contributed by atoms with Crippen LogP contribution in [0.25, 0.3) is 10.2 Å². The average Bonchev–Trinajstić information content (AvgIpc) is 2.97. The number of fused-ring (bicyclic) bond motifs is 1. The molecule has 3 rings (SSSR count). The first-order valence-corrected chi connectivity index (χ1v) is 9.34. The highest BCUT2D eigenvalue weighted by Crippen LogP contribution is 2.27. The maximum atomic E-state index is 12.2. The summed E-state index contributed by atoms with van der Waals surface area (Å²) in [6.45, 7) is 3.33. The highest BCUT2D eigenvalue weighted by atomic mass is 35.5. The van der Waals surface area contributed by atoms with Crippen LogP contribution >= 0.6 is 22.9 Å². The number of hydrogen-bond acceptors (Lipinski definition) is 4. The molecule has 0 unspecified atom stereocenters. The molecule has 0 bridgehead atoms. The molecular formula is C19H18ClN3O2S. The number of amides is 2. The van der Waals surface area contributed by atoms with Gasteiger partial charge < -0.3 is 10.6 Å². The molecular weight excluding hydrogens is 370 g/mol. The Hall–Kier alpha value is -2.44. The Bertz CT molecular complexity index is 984. The molecule has 0 radical (unpaired) electrons. The molecule has 0 spiro atoms. The van der Waals surface area contributed by atoms with Gasteiger partial charge in [-0.25, -0.2) is 4.98 Å². The molecule has 2 N–H and O–H groups in total. The Labute approximate surface area is 160 Å². The Morgan fingerprint density at radius 3 is 2.77 bits per heavy atom. The number of thiazole rings is 1. The fraction of sp³-hybridized carbons (Fsp3) is 0.211. The largest absolute Gasteiger partial charge is 0.326 e. The lowest BCUT2D eigenvalue weighted by atomic mass is 10.1. The fourth-order valence-electron chi connectivity index (χ4n) is 2.54. The van der Waals surface area contributed by atoms with E-state index in [1.807, 2.05) is 37.3 Å². The van der Waals surface area contributed by atoms with Crippen molar-refractivity contribution in [2.24, 2.45) is 0 Å². The zero-order valence-corrected chi connectivity index (χ0v) is 16.0. The van der Waals surface area contributed by atoms with Crippen molar-refractivity contribution in [3.63, 3.8) is 0 Å². The second-order valence-corrected chi connectivity index (χ2v) is 7.40. The lowest BCUT2D eigenvalue weighted by molar-refractivity contribution is -0.116. The summed E-state index contributed by atoms with van der Waals surface area (Å²) in [5.41, 5.74) is 3.48. The van der Waals surface area contributed by atoms with Gasteiger partial charge in [-0.05, 0) is 48.7 Å². The predicted molar refractivity (Wildman–Crippen MR) is 107 cm³/mol. The van der Waals surface area contributed by atoms with E-state index >= 15 is 0 Å². The van der Waals surface area contributed by atoms with Gasteiger partial charge >= 0.3 is 0 Å². The molecule has 5 nitrogen and oxygen atoms in total. The van der Waals surface area contributed by atoms with Crippen molar-refractivity contribution in [3.8, 4) is 0 Å². The topological polar surface area (TPSA) is 71.1 Å². The van der Waals surface area contributed by atoms with Gasteiger partial charge in [-0.3, -0.25) is 9.59 Å². The van der Waals surface area contributed by atoms with Crippen molar-refractivity contribution >= 4 is 55.8 Å². The zero-order valence-electron chi connectivity index (χ0n) is 14.4. The number of aryl methyl sites for hydroxylation is 1. The van der Waals surface area contributed by atoms with Gasteiger partial charge in [0.1, 0.15) is 0 Å². The minimum Gasteiger partial charge on any atom is -0.326 e. The Kier molecular flexibility index (Phi) is 5.54. The molecule has 0 fully saturated rings. The van der Waals surface area contributed by atoms with Crippen LogP contribution in [0.4, 0.5) is 10.8 Å². The molecule has 0 aliphatic heterocycles. The molecule has 7 heteroatoms. The number of hydrogen-bond donors (Lipinski definition) is 2. The second-order valence-electron chi connectivity index (χ2n) is 5.96. The number of halogens is 1. The first kappa shape index (κ1) is 18.4. The van der Waals surface area contributed by atoms with Gasteiger partial charge in [0.25, 0.3) is 0 Å². The SMILES string of the molecule is CC(=O)Nc1nc2ccc(CCC(=O)Nc3cccc(Cl)c3C)cc2s1. The number of carbonyl (C=O) groups is 2. The van der Waals surface area contributed by atoms with Crippen molar-refractivity contribution in [2.75, 3.05) is 10.6 Å². The third-order valence-electron chi connectivity index (χ3n) is 3.92. The summed E-state index contributed by atoms with van der Waals surface area (Å²) in [7, 11) is 0. The van der Waals surface area contributed by atoms with Crippen molar-refractivity contribution in [3.05, 3.63) is 52.5 Å². The van der Waals surface area contributed by atoms with E-state index in [4.69, 9.17) is 11.6 Å². The smallest absolute Gasteiger partial charge is 0.224 e. The quantitative estimate of drug-likeness (QED) is 0.661. The van der Waals surface area contributed by atoms with Crippen LogP contribution in [-0.2, 0) is 16.0 Å². The maximum Gasteiger partial charge on any atom is 0.224 e. The normalized spacial score (nSPS) is 10.7. The first-order chi connectivity index (χ1) is 12.4. The van der Waals surface area contributed by atoms with Gasteiger partial charge in [-0.1, -0.05) is 35.1 Å². The van der Waals surface area contributed by atoms with Crippen LogP contribution < -0.4 is 10.6 Å². The van der Waals surface area contributed by atoms with E-state index in [1.165, 1.54) is 18.3 Å². The van der Waals surface area contributed by atoms with Crippen LogP contribution in [0, 0.1) is 6.92 Å². The van der Waals surface area contributed by atoms with Crippen LogP contribution in [0.1, 0.15) is 24.5 Å². The third kappa shape index (κ3) is 4.39. The number of nitrogens with one attached hydrogen (secondary N) is 2. The van der Waals surface area contributed by atoms with Crippen molar-refractivity contribution in [2.45, 2.75) is 26.7 Å². The monoisotopic (exact) mass is 387 g/mol. The minimum absolute atomic E-state index is 0.0568. The Balaban J connectivity index is 1.64. The predicted octanol–water partition coefficient (Wildman–Crippen LogP) is 4.79. The fourth-order valence-corrected chi connectivity index (χ4v) is 3.69. The molecule has 1 aromatic heterocycles. The molecule has 2 amide bonds. The van der Waals surface area contributed by atoms with Gasteiger partial charge in [-0.15, -0.1) is 0 Å². The molecule has 26 heavy (non-hydrogen) atoms. The standard InChI is InChI=1S/C19H18ClN3O2S/c1-11-14(20)4-3-5-15(11)22-18(25)9-7-13-6-8-16-17(10-13)26-19(23-16)21-12(2)24/h3-6,8,10H,7,9H2,1-2H3,(H,22,25)(H,21,23,24).